The fourth-order valence-electron chi connectivity index (χ4n) is 1.66. The number of aromatic nitrogens is 5. The van der Waals surface area contributed by atoms with Crippen molar-refractivity contribution in [3.8, 4) is 11.4 Å². The van der Waals surface area contributed by atoms with E-state index in [4.69, 9.17) is 5.73 Å². The van der Waals surface area contributed by atoms with Gasteiger partial charge in [-0.25, -0.2) is 4.39 Å². The molecule has 9 heteroatoms. The van der Waals surface area contributed by atoms with Gasteiger partial charge in [-0.3, -0.25) is 0 Å². The maximum Gasteiger partial charge on any atom is 0.258 e. The van der Waals surface area contributed by atoms with Crippen LogP contribution in [-0.4, -0.2) is 30.8 Å². The highest BCUT2D eigenvalue weighted by Gasteiger charge is 2.14. The lowest BCUT2D eigenvalue weighted by molar-refractivity contribution is 0.627. The molecule has 0 saturated carbocycles. The normalized spacial score (nSPS) is 11.2. The van der Waals surface area contributed by atoms with E-state index in [-0.39, 0.29) is 11.8 Å². The van der Waals surface area contributed by atoms with Gasteiger partial charge in [-0.15, -0.1) is 5.10 Å². The summed E-state index contributed by atoms with van der Waals surface area (Å²) >= 11 is 4.65. The van der Waals surface area contributed by atoms with Crippen molar-refractivity contribution in [2.75, 3.05) is 12.0 Å². The third kappa shape index (κ3) is 2.22. The SMILES string of the molecule is CSc1nc(N)n2nc(-c3ccc(F)cc3Br)nc2n1. The van der Waals surface area contributed by atoms with E-state index >= 15 is 0 Å². The Balaban J connectivity index is 2.20. The minimum Gasteiger partial charge on any atom is -0.368 e. The highest BCUT2D eigenvalue weighted by atomic mass is 79.9. The Morgan fingerprint density at radius 2 is 2.10 bits per heavy atom. The van der Waals surface area contributed by atoms with Gasteiger partial charge < -0.3 is 5.73 Å². The van der Waals surface area contributed by atoms with E-state index in [0.717, 1.165) is 0 Å². The average Bonchev–Trinajstić information content (AvgIpc) is 2.82. The number of benzene rings is 1. The summed E-state index contributed by atoms with van der Waals surface area (Å²) in [5, 5.41) is 4.76. The molecule has 102 valence electrons. The van der Waals surface area contributed by atoms with Gasteiger partial charge in [0, 0.05) is 10.0 Å². The van der Waals surface area contributed by atoms with Crippen LogP contribution in [-0.2, 0) is 0 Å². The fraction of sp³-hybridized carbons (Fsp3) is 0.0909. The molecule has 0 aliphatic carbocycles. The summed E-state index contributed by atoms with van der Waals surface area (Å²) in [6.07, 6.45) is 1.85. The largest absolute Gasteiger partial charge is 0.368 e. The Kier molecular flexibility index (Phi) is 3.30. The monoisotopic (exact) mass is 354 g/mol. The molecule has 3 aromatic rings. The number of nitrogens with two attached hydrogens (primary N) is 1. The first-order valence-electron chi connectivity index (χ1n) is 5.48. The molecule has 0 atom stereocenters. The van der Waals surface area contributed by atoms with Crippen LogP contribution in [0.15, 0.2) is 27.8 Å². The molecule has 0 aliphatic heterocycles. The van der Waals surface area contributed by atoms with Gasteiger partial charge in [0.2, 0.25) is 5.95 Å². The van der Waals surface area contributed by atoms with Gasteiger partial charge in [-0.2, -0.15) is 19.5 Å². The molecule has 0 aliphatic rings. The third-order valence-corrected chi connectivity index (χ3v) is 3.77. The van der Waals surface area contributed by atoms with Gasteiger partial charge in [-0.1, -0.05) is 11.8 Å². The Labute approximate surface area is 125 Å². The van der Waals surface area contributed by atoms with E-state index in [1.807, 2.05) is 6.26 Å². The van der Waals surface area contributed by atoms with E-state index in [0.29, 0.717) is 26.8 Å². The summed E-state index contributed by atoms with van der Waals surface area (Å²) in [4.78, 5) is 12.6. The van der Waals surface area contributed by atoms with Crippen molar-refractivity contribution in [1.82, 2.24) is 24.6 Å². The Bertz CT molecular complexity index is 805. The summed E-state index contributed by atoms with van der Waals surface area (Å²) in [7, 11) is 0. The van der Waals surface area contributed by atoms with Crippen molar-refractivity contribution in [2.45, 2.75) is 5.16 Å². The fourth-order valence-corrected chi connectivity index (χ4v) is 2.55. The summed E-state index contributed by atoms with van der Waals surface area (Å²) in [6.45, 7) is 0. The van der Waals surface area contributed by atoms with Gasteiger partial charge in [0.1, 0.15) is 5.82 Å². The predicted molar refractivity (Wildman–Crippen MR) is 77.9 cm³/mol. The summed E-state index contributed by atoms with van der Waals surface area (Å²) < 4.78 is 15.0. The topological polar surface area (TPSA) is 82.0 Å². The Hall–Kier alpha value is -1.74. The molecule has 2 aromatic heterocycles. The summed E-state index contributed by atoms with van der Waals surface area (Å²) in [6, 6.07) is 4.28. The molecule has 3 rings (SSSR count). The smallest absolute Gasteiger partial charge is 0.258 e. The van der Waals surface area contributed by atoms with Gasteiger partial charge in [0.25, 0.3) is 5.78 Å². The lowest BCUT2D eigenvalue weighted by atomic mass is 10.2. The first kappa shape index (κ1) is 13.3. The quantitative estimate of drug-likeness (QED) is 0.711. The Morgan fingerprint density at radius 3 is 2.80 bits per heavy atom. The van der Waals surface area contributed by atoms with E-state index in [1.165, 1.54) is 28.4 Å². The van der Waals surface area contributed by atoms with Crippen LogP contribution in [0.4, 0.5) is 10.3 Å². The third-order valence-electron chi connectivity index (χ3n) is 2.57. The van der Waals surface area contributed by atoms with Gasteiger partial charge in [0.05, 0.1) is 0 Å². The number of thioether (sulfide) groups is 1. The molecule has 2 N–H and O–H groups in total. The second-order valence-electron chi connectivity index (χ2n) is 3.84. The highest BCUT2D eigenvalue weighted by Crippen LogP contribution is 2.27. The van der Waals surface area contributed by atoms with Crippen LogP contribution >= 0.6 is 27.7 Å². The number of fused-ring (bicyclic) bond motifs is 1. The first-order chi connectivity index (χ1) is 9.58. The van der Waals surface area contributed by atoms with Crippen LogP contribution in [0.1, 0.15) is 0 Å². The summed E-state index contributed by atoms with van der Waals surface area (Å²) in [5.74, 6) is 0.619. The Morgan fingerprint density at radius 1 is 1.30 bits per heavy atom. The van der Waals surface area contributed by atoms with Crippen LogP contribution in [0.5, 0.6) is 0 Å². The van der Waals surface area contributed by atoms with Crippen molar-refractivity contribution < 1.29 is 4.39 Å². The highest BCUT2D eigenvalue weighted by molar-refractivity contribution is 9.10. The van der Waals surface area contributed by atoms with E-state index < -0.39 is 0 Å². The molecule has 0 radical (unpaired) electrons. The molecule has 0 bridgehead atoms. The van der Waals surface area contributed by atoms with E-state index in [9.17, 15) is 4.39 Å². The van der Waals surface area contributed by atoms with Crippen molar-refractivity contribution in [3.63, 3.8) is 0 Å². The zero-order chi connectivity index (χ0) is 14.3. The number of hydrogen-bond donors (Lipinski definition) is 1. The van der Waals surface area contributed by atoms with Gasteiger partial charge in [0.15, 0.2) is 11.0 Å². The molecule has 20 heavy (non-hydrogen) atoms. The number of nitrogens with zero attached hydrogens (tertiary/aromatic N) is 5. The molecule has 2 heterocycles. The molecular formula is C11H8BrFN6S. The molecule has 0 unspecified atom stereocenters. The molecular weight excluding hydrogens is 347 g/mol. The molecule has 1 aromatic carbocycles. The molecule has 0 saturated heterocycles. The van der Waals surface area contributed by atoms with Crippen LogP contribution in [0.3, 0.4) is 0 Å². The zero-order valence-corrected chi connectivity index (χ0v) is 12.6. The summed E-state index contributed by atoms with van der Waals surface area (Å²) in [5.41, 5.74) is 6.47. The van der Waals surface area contributed by atoms with Crippen molar-refractivity contribution in [3.05, 3.63) is 28.5 Å². The minimum atomic E-state index is -0.339. The molecule has 6 nitrogen and oxygen atoms in total. The number of halogens is 2. The van der Waals surface area contributed by atoms with E-state index in [2.05, 4.69) is 36.0 Å². The lowest BCUT2D eigenvalue weighted by Crippen LogP contribution is -2.04. The predicted octanol–water partition coefficient (Wildman–Crippen LogP) is 2.39. The second kappa shape index (κ2) is 4.98. The van der Waals surface area contributed by atoms with Crippen molar-refractivity contribution in [2.24, 2.45) is 0 Å². The number of hydrogen-bond acceptors (Lipinski definition) is 6. The van der Waals surface area contributed by atoms with Gasteiger partial charge >= 0.3 is 0 Å². The zero-order valence-electron chi connectivity index (χ0n) is 10.2. The van der Waals surface area contributed by atoms with Crippen LogP contribution in [0.25, 0.3) is 17.2 Å². The van der Waals surface area contributed by atoms with Crippen molar-refractivity contribution in [1.29, 1.82) is 0 Å². The van der Waals surface area contributed by atoms with Crippen LogP contribution < -0.4 is 5.73 Å². The molecule has 0 fully saturated rings. The van der Waals surface area contributed by atoms with Gasteiger partial charge in [-0.05, 0) is 40.4 Å². The lowest BCUT2D eigenvalue weighted by Gasteiger charge is -1.99. The van der Waals surface area contributed by atoms with Crippen molar-refractivity contribution >= 4 is 39.4 Å². The van der Waals surface area contributed by atoms with E-state index in [1.54, 1.807) is 6.07 Å². The average molecular weight is 355 g/mol. The molecule has 0 spiro atoms. The maximum absolute atomic E-state index is 13.1. The number of nitrogen functional groups attached to an aromatic ring is 1. The standard InChI is InChI=1S/C11H8BrFN6S/c1-20-11-16-9(14)19-10(17-11)15-8(18-19)6-3-2-5(13)4-7(6)12/h2-4H,1H3,(H2,14,15,16,17,18). The number of rotatable bonds is 2. The molecule has 0 amide bonds. The van der Waals surface area contributed by atoms with Crippen LogP contribution in [0.2, 0.25) is 0 Å². The van der Waals surface area contributed by atoms with Crippen LogP contribution in [0, 0.1) is 5.82 Å². The number of anilines is 1. The minimum absolute atomic E-state index is 0.205. The second-order valence-corrected chi connectivity index (χ2v) is 5.47. The first-order valence-corrected chi connectivity index (χ1v) is 7.50. The maximum atomic E-state index is 13.1.